The van der Waals surface area contributed by atoms with E-state index < -0.39 is 0 Å². The van der Waals surface area contributed by atoms with Crippen LogP contribution in [0.1, 0.15) is 42.5 Å². The fourth-order valence-corrected chi connectivity index (χ4v) is 2.23. The third-order valence-electron chi connectivity index (χ3n) is 3.04. The van der Waals surface area contributed by atoms with Crippen molar-refractivity contribution in [2.45, 2.75) is 38.2 Å². The minimum Gasteiger partial charge on any atom is -0.497 e. The molecule has 0 aromatic heterocycles. The van der Waals surface area contributed by atoms with E-state index in [4.69, 9.17) is 4.74 Å². The molecular weight excluding hydrogens is 308 g/mol. The summed E-state index contributed by atoms with van der Waals surface area (Å²) in [5.41, 5.74) is 0.674. The van der Waals surface area contributed by atoms with Gasteiger partial charge in [-0.3, -0.25) is 4.79 Å². The minimum absolute atomic E-state index is 0.0715. The van der Waals surface area contributed by atoms with Crippen LogP contribution in [0.3, 0.4) is 0 Å². The lowest BCUT2D eigenvalue weighted by atomic mass is 10.0. The quantitative estimate of drug-likeness (QED) is 0.428. The summed E-state index contributed by atoms with van der Waals surface area (Å²) in [5.74, 6) is 0.813. The number of carbonyl (C=O) groups excluding carboxylic acids is 1. The van der Waals surface area contributed by atoms with E-state index in [1.807, 2.05) is 0 Å². The van der Waals surface area contributed by atoms with Crippen LogP contribution in [0, 0.1) is 0 Å². The molecule has 106 valence electrons. The van der Waals surface area contributed by atoms with Crippen LogP contribution in [0.15, 0.2) is 24.3 Å². The molecule has 0 unspecified atom stereocenters. The van der Waals surface area contributed by atoms with Gasteiger partial charge in [0, 0.05) is 17.3 Å². The number of alkyl halides is 1. The van der Waals surface area contributed by atoms with E-state index in [2.05, 4.69) is 15.9 Å². The highest BCUT2D eigenvalue weighted by Crippen LogP contribution is 2.15. The Hall–Kier alpha value is -0.870. The Morgan fingerprint density at radius 2 is 1.95 bits per heavy atom. The molecule has 0 bridgehead atoms. The molecule has 1 atom stereocenters. The Labute approximate surface area is 123 Å². The number of methoxy groups -OCH3 is 1. The highest BCUT2D eigenvalue weighted by molar-refractivity contribution is 9.09. The SMILES string of the molecule is COc1ccc(C(=O)CC[C@H](O)CCCCBr)cc1. The molecule has 0 spiro atoms. The van der Waals surface area contributed by atoms with Crippen molar-refractivity contribution in [2.75, 3.05) is 12.4 Å². The number of hydrogen-bond donors (Lipinski definition) is 1. The van der Waals surface area contributed by atoms with Gasteiger partial charge in [0.15, 0.2) is 5.78 Å². The highest BCUT2D eigenvalue weighted by Gasteiger charge is 2.10. The predicted molar refractivity (Wildman–Crippen MR) is 80.2 cm³/mol. The largest absolute Gasteiger partial charge is 0.497 e. The van der Waals surface area contributed by atoms with Gasteiger partial charge in [0.1, 0.15) is 5.75 Å². The molecule has 0 aliphatic carbocycles. The Morgan fingerprint density at radius 3 is 2.53 bits per heavy atom. The van der Waals surface area contributed by atoms with Gasteiger partial charge < -0.3 is 9.84 Å². The van der Waals surface area contributed by atoms with Crippen LogP contribution in [-0.4, -0.2) is 29.4 Å². The number of benzene rings is 1. The van der Waals surface area contributed by atoms with Crippen molar-refractivity contribution in [1.82, 2.24) is 0 Å². The van der Waals surface area contributed by atoms with Crippen molar-refractivity contribution >= 4 is 21.7 Å². The molecule has 0 saturated carbocycles. The Morgan fingerprint density at radius 1 is 1.26 bits per heavy atom. The maximum Gasteiger partial charge on any atom is 0.162 e. The zero-order valence-corrected chi connectivity index (χ0v) is 12.9. The molecular formula is C15H21BrO3. The van der Waals surface area contributed by atoms with Gasteiger partial charge in [-0.1, -0.05) is 22.4 Å². The summed E-state index contributed by atoms with van der Waals surface area (Å²) >= 11 is 3.36. The van der Waals surface area contributed by atoms with Gasteiger partial charge >= 0.3 is 0 Å². The summed E-state index contributed by atoms with van der Waals surface area (Å²) in [5, 5.41) is 10.7. The fourth-order valence-electron chi connectivity index (χ4n) is 1.84. The van der Waals surface area contributed by atoms with Gasteiger partial charge in [-0.2, -0.15) is 0 Å². The second-order valence-corrected chi connectivity index (χ2v) is 5.32. The van der Waals surface area contributed by atoms with Crippen LogP contribution in [0.25, 0.3) is 0 Å². The Balaban J connectivity index is 2.33. The normalized spacial score (nSPS) is 12.2. The zero-order chi connectivity index (χ0) is 14.1. The van der Waals surface area contributed by atoms with Crippen molar-refractivity contribution in [2.24, 2.45) is 0 Å². The number of aliphatic hydroxyl groups is 1. The fraction of sp³-hybridized carbons (Fsp3) is 0.533. The summed E-state index contributed by atoms with van der Waals surface area (Å²) in [7, 11) is 1.60. The number of aliphatic hydroxyl groups excluding tert-OH is 1. The molecule has 0 fully saturated rings. The molecule has 1 aromatic rings. The first kappa shape index (κ1) is 16.2. The van der Waals surface area contributed by atoms with E-state index in [9.17, 15) is 9.90 Å². The molecule has 0 aliphatic heterocycles. The lowest BCUT2D eigenvalue weighted by Crippen LogP contribution is -2.10. The molecule has 3 nitrogen and oxygen atoms in total. The molecule has 0 heterocycles. The maximum atomic E-state index is 11.9. The van der Waals surface area contributed by atoms with Crippen LogP contribution in [-0.2, 0) is 0 Å². The number of ether oxygens (including phenoxy) is 1. The molecule has 0 saturated heterocycles. The van der Waals surface area contributed by atoms with E-state index in [1.54, 1.807) is 31.4 Å². The predicted octanol–water partition coefficient (Wildman–Crippen LogP) is 3.58. The van der Waals surface area contributed by atoms with Crippen LogP contribution in [0.4, 0.5) is 0 Å². The molecule has 19 heavy (non-hydrogen) atoms. The van der Waals surface area contributed by atoms with Crippen molar-refractivity contribution in [3.8, 4) is 5.75 Å². The number of carbonyl (C=O) groups is 1. The van der Waals surface area contributed by atoms with E-state index in [-0.39, 0.29) is 11.9 Å². The molecule has 1 N–H and O–H groups in total. The number of rotatable bonds is 9. The number of ketones is 1. The Bertz CT molecular complexity index is 375. The lowest BCUT2D eigenvalue weighted by Gasteiger charge is -2.09. The number of Topliss-reactive ketones (excluding diaryl/α,β-unsaturated/α-hetero) is 1. The Kier molecular flexibility index (Phi) is 7.75. The van der Waals surface area contributed by atoms with E-state index >= 15 is 0 Å². The van der Waals surface area contributed by atoms with Crippen LogP contribution in [0.5, 0.6) is 5.75 Å². The molecule has 0 aliphatic rings. The van der Waals surface area contributed by atoms with Crippen molar-refractivity contribution in [3.05, 3.63) is 29.8 Å². The molecule has 1 rings (SSSR count). The van der Waals surface area contributed by atoms with Gasteiger partial charge in [-0.25, -0.2) is 0 Å². The smallest absolute Gasteiger partial charge is 0.162 e. The van der Waals surface area contributed by atoms with Gasteiger partial charge in [-0.15, -0.1) is 0 Å². The summed E-state index contributed by atoms with van der Waals surface area (Å²) in [6.45, 7) is 0. The van der Waals surface area contributed by atoms with Crippen molar-refractivity contribution < 1.29 is 14.6 Å². The first-order chi connectivity index (χ1) is 9.17. The number of hydrogen-bond acceptors (Lipinski definition) is 3. The second-order valence-electron chi connectivity index (χ2n) is 4.53. The minimum atomic E-state index is -0.374. The monoisotopic (exact) mass is 328 g/mol. The third-order valence-corrected chi connectivity index (χ3v) is 3.60. The van der Waals surface area contributed by atoms with Crippen LogP contribution < -0.4 is 4.74 Å². The van der Waals surface area contributed by atoms with E-state index in [1.165, 1.54) is 0 Å². The number of unbranched alkanes of at least 4 members (excludes halogenated alkanes) is 1. The number of halogens is 1. The summed E-state index contributed by atoms with van der Waals surface area (Å²) in [6, 6.07) is 7.08. The first-order valence-corrected chi connectivity index (χ1v) is 7.70. The van der Waals surface area contributed by atoms with Crippen LogP contribution in [0.2, 0.25) is 0 Å². The van der Waals surface area contributed by atoms with Gasteiger partial charge in [0.2, 0.25) is 0 Å². The van der Waals surface area contributed by atoms with Crippen LogP contribution >= 0.6 is 15.9 Å². The van der Waals surface area contributed by atoms with E-state index in [0.29, 0.717) is 18.4 Å². The standard InChI is InChI=1S/C15H21BrO3/c1-19-14-8-5-12(6-9-14)15(18)10-7-13(17)4-2-3-11-16/h5-6,8-9,13,17H,2-4,7,10-11H2,1H3/t13-/m1/s1. The first-order valence-electron chi connectivity index (χ1n) is 6.58. The topological polar surface area (TPSA) is 46.5 Å². The highest BCUT2D eigenvalue weighted by atomic mass is 79.9. The average molecular weight is 329 g/mol. The second kappa shape index (κ2) is 9.10. The average Bonchev–Trinajstić information content (AvgIpc) is 2.45. The van der Waals surface area contributed by atoms with Gasteiger partial charge in [0.05, 0.1) is 13.2 Å². The molecule has 0 radical (unpaired) electrons. The van der Waals surface area contributed by atoms with Gasteiger partial charge in [-0.05, 0) is 43.5 Å². The lowest BCUT2D eigenvalue weighted by molar-refractivity contribution is 0.0931. The summed E-state index contributed by atoms with van der Waals surface area (Å²) in [4.78, 5) is 11.9. The van der Waals surface area contributed by atoms with Gasteiger partial charge in [0.25, 0.3) is 0 Å². The molecule has 1 aromatic carbocycles. The zero-order valence-electron chi connectivity index (χ0n) is 11.3. The van der Waals surface area contributed by atoms with Crippen molar-refractivity contribution in [1.29, 1.82) is 0 Å². The van der Waals surface area contributed by atoms with Crippen molar-refractivity contribution in [3.63, 3.8) is 0 Å². The summed E-state index contributed by atoms with van der Waals surface area (Å²) in [6.07, 6.45) is 3.37. The summed E-state index contributed by atoms with van der Waals surface area (Å²) < 4.78 is 5.05. The van der Waals surface area contributed by atoms with E-state index in [0.717, 1.165) is 30.3 Å². The molecule has 0 amide bonds. The molecule has 4 heteroatoms. The maximum absolute atomic E-state index is 11.9. The third kappa shape index (κ3) is 6.21.